The zero-order valence-electron chi connectivity index (χ0n) is 16.5. The molecule has 0 saturated heterocycles. The van der Waals surface area contributed by atoms with Gasteiger partial charge in [0.25, 0.3) is 5.91 Å². The number of nitrogens with zero attached hydrogens (tertiary/aromatic N) is 3. The molecule has 0 spiro atoms. The average molecular weight is 422 g/mol. The minimum atomic E-state index is -0.504. The number of benzene rings is 2. The molecule has 7 nitrogen and oxygen atoms in total. The first-order chi connectivity index (χ1) is 14.6. The number of ether oxygens (including phenoxy) is 1. The van der Waals surface area contributed by atoms with E-state index in [1.807, 2.05) is 54.2 Å². The third-order valence-electron chi connectivity index (χ3n) is 4.80. The van der Waals surface area contributed by atoms with Crippen LogP contribution in [0, 0.1) is 0 Å². The topological polar surface area (TPSA) is 84.8 Å². The summed E-state index contributed by atoms with van der Waals surface area (Å²) in [4.78, 5) is 17.5. The predicted octanol–water partition coefficient (Wildman–Crippen LogP) is 3.99. The van der Waals surface area contributed by atoms with Gasteiger partial charge in [-0.2, -0.15) is 5.10 Å². The molecule has 2 heterocycles. The molecule has 152 valence electrons. The largest absolute Gasteiger partial charge is 0.496 e. The third-order valence-corrected chi connectivity index (χ3v) is 5.06. The number of hydrogen-bond acceptors (Lipinski definition) is 4. The lowest BCUT2D eigenvalue weighted by Gasteiger charge is -2.20. The Kier molecular flexibility index (Phi) is 5.54. The zero-order chi connectivity index (χ0) is 21.1. The molecule has 0 bridgehead atoms. The molecule has 1 amide bonds. The minimum Gasteiger partial charge on any atom is -0.496 e. The molecule has 4 rings (SSSR count). The van der Waals surface area contributed by atoms with E-state index in [4.69, 9.17) is 16.3 Å². The van der Waals surface area contributed by atoms with Gasteiger partial charge in [-0.1, -0.05) is 41.9 Å². The number of carbonyl (C=O) groups is 1. The van der Waals surface area contributed by atoms with E-state index in [1.165, 1.54) is 0 Å². The molecule has 0 aliphatic heterocycles. The highest BCUT2D eigenvalue weighted by atomic mass is 35.5. The SMILES string of the molecule is COc1ccccc1C(NC(=O)c1cc(-c2ccc(Cl)cc2)n[nH]1)c1nccn1C. The van der Waals surface area contributed by atoms with E-state index in [2.05, 4.69) is 20.5 Å². The summed E-state index contributed by atoms with van der Waals surface area (Å²) in [6.07, 6.45) is 3.53. The second kappa shape index (κ2) is 8.42. The van der Waals surface area contributed by atoms with Crippen molar-refractivity contribution in [3.8, 4) is 17.0 Å². The molecule has 0 aliphatic rings. The van der Waals surface area contributed by atoms with E-state index >= 15 is 0 Å². The lowest BCUT2D eigenvalue weighted by atomic mass is 10.0. The van der Waals surface area contributed by atoms with Gasteiger partial charge < -0.3 is 14.6 Å². The summed E-state index contributed by atoms with van der Waals surface area (Å²) in [6, 6.07) is 16.0. The lowest BCUT2D eigenvalue weighted by molar-refractivity contribution is 0.0935. The molecule has 4 aromatic rings. The number of para-hydroxylation sites is 1. The molecule has 0 radical (unpaired) electrons. The van der Waals surface area contributed by atoms with Gasteiger partial charge in [0.1, 0.15) is 23.3 Å². The van der Waals surface area contributed by atoms with Crippen LogP contribution in [0.5, 0.6) is 5.75 Å². The Labute approximate surface area is 178 Å². The van der Waals surface area contributed by atoms with Gasteiger partial charge in [-0.25, -0.2) is 4.98 Å². The fraction of sp³-hybridized carbons (Fsp3) is 0.136. The summed E-state index contributed by atoms with van der Waals surface area (Å²) in [7, 11) is 3.48. The average Bonchev–Trinajstić information content (AvgIpc) is 3.42. The highest BCUT2D eigenvalue weighted by Crippen LogP contribution is 2.29. The number of aromatic amines is 1. The van der Waals surface area contributed by atoms with Crippen molar-refractivity contribution < 1.29 is 9.53 Å². The Hall–Kier alpha value is -3.58. The molecule has 8 heteroatoms. The van der Waals surface area contributed by atoms with Gasteiger partial charge in [0.05, 0.1) is 12.8 Å². The normalized spacial score (nSPS) is 11.8. The molecule has 2 N–H and O–H groups in total. The number of methoxy groups -OCH3 is 1. The Morgan fingerprint density at radius 1 is 1.20 bits per heavy atom. The Morgan fingerprint density at radius 3 is 2.67 bits per heavy atom. The Morgan fingerprint density at radius 2 is 1.97 bits per heavy atom. The van der Waals surface area contributed by atoms with Crippen LogP contribution in [0.4, 0.5) is 0 Å². The van der Waals surface area contributed by atoms with Crippen LogP contribution in [0.25, 0.3) is 11.3 Å². The molecule has 0 aliphatic carbocycles. The molecule has 1 unspecified atom stereocenters. The highest BCUT2D eigenvalue weighted by Gasteiger charge is 2.25. The van der Waals surface area contributed by atoms with Crippen LogP contribution in [0.3, 0.4) is 0 Å². The molecular formula is C22H20ClN5O2. The molecular weight excluding hydrogens is 402 g/mol. The summed E-state index contributed by atoms with van der Waals surface area (Å²) >= 11 is 5.95. The standard InChI is InChI=1S/C22H20ClN5O2/c1-28-12-11-24-21(28)20(16-5-3-4-6-19(16)30-2)25-22(29)18-13-17(26-27-18)14-7-9-15(23)10-8-14/h3-13,20H,1-2H3,(H,25,29)(H,26,27). The summed E-state index contributed by atoms with van der Waals surface area (Å²) in [6.45, 7) is 0. The first kappa shape index (κ1) is 19.7. The van der Waals surface area contributed by atoms with E-state index in [0.29, 0.717) is 28.0 Å². The first-order valence-corrected chi connectivity index (χ1v) is 9.67. The van der Waals surface area contributed by atoms with E-state index in [0.717, 1.165) is 11.1 Å². The number of hydrogen-bond donors (Lipinski definition) is 2. The van der Waals surface area contributed by atoms with Gasteiger partial charge in [-0.15, -0.1) is 0 Å². The highest BCUT2D eigenvalue weighted by molar-refractivity contribution is 6.30. The van der Waals surface area contributed by atoms with Gasteiger partial charge in [0, 0.05) is 35.6 Å². The van der Waals surface area contributed by atoms with E-state index < -0.39 is 6.04 Å². The van der Waals surface area contributed by atoms with Crippen molar-refractivity contribution in [1.82, 2.24) is 25.1 Å². The van der Waals surface area contributed by atoms with Crippen molar-refractivity contribution in [2.45, 2.75) is 6.04 Å². The lowest BCUT2D eigenvalue weighted by Crippen LogP contribution is -2.31. The molecule has 0 saturated carbocycles. The second-order valence-electron chi connectivity index (χ2n) is 6.72. The van der Waals surface area contributed by atoms with Gasteiger partial charge in [0.15, 0.2) is 0 Å². The van der Waals surface area contributed by atoms with Crippen molar-refractivity contribution in [2.24, 2.45) is 7.05 Å². The quantitative estimate of drug-likeness (QED) is 0.493. The van der Waals surface area contributed by atoms with Crippen molar-refractivity contribution in [2.75, 3.05) is 7.11 Å². The maximum absolute atomic E-state index is 13.1. The van der Waals surface area contributed by atoms with E-state index in [-0.39, 0.29) is 5.91 Å². The fourth-order valence-electron chi connectivity index (χ4n) is 3.26. The molecule has 2 aromatic heterocycles. The van der Waals surface area contributed by atoms with Crippen molar-refractivity contribution >= 4 is 17.5 Å². The number of carbonyl (C=O) groups excluding carboxylic acids is 1. The smallest absolute Gasteiger partial charge is 0.270 e. The minimum absolute atomic E-state index is 0.304. The number of H-pyrrole nitrogens is 1. The number of amides is 1. The van der Waals surface area contributed by atoms with Gasteiger partial charge in [-0.3, -0.25) is 9.89 Å². The van der Waals surface area contributed by atoms with Gasteiger partial charge in [-0.05, 0) is 24.3 Å². The van der Waals surface area contributed by atoms with Gasteiger partial charge in [0.2, 0.25) is 0 Å². The predicted molar refractivity (Wildman–Crippen MR) is 115 cm³/mol. The van der Waals surface area contributed by atoms with Crippen molar-refractivity contribution in [3.05, 3.63) is 89.1 Å². The second-order valence-corrected chi connectivity index (χ2v) is 7.15. The van der Waals surface area contributed by atoms with Crippen LogP contribution in [-0.4, -0.2) is 32.8 Å². The molecule has 1 atom stereocenters. The number of nitrogens with one attached hydrogen (secondary N) is 2. The van der Waals surface area contributed by atoms with Gasteiger partial charge >= 0.3 is 0 Å². The van der Waals surface area contributed by atoms with Crippen LogP contribution in [0.15, 0.2) is 67.0 Å². The monoisotopic (exact) mass is 421 g/mol. The van der Waals surface area contributed by atoms with Crippen molar-refractivity contribution in [1.29, 1.82) is 0 Å². The first-order valence-electron chi connectivity index (χ1n) is 9.29. The summed E-state index contributed by atoms with van der Waals surface area (Å²) < 4.78 is 7.37. The van der Waals surface area contributed by atoms with E-state index in [1.54, 1.807) is 31.5 Å². The summed E-state index contributed by atoms with van der Waals surface area (Å²) in [5.74, 6) is 1.05. The van der Waals surface area contributed by atoms with Crippen LogP contribution in [0.1, 0.15) is 27.9 Å². The molecule has 0 fully saturated rings. The Bertz CT molecular complexity index is 1170. The van der Waals surface area contributed by atoms with Crippen LogP contribution < -0.4 is 10.1 Å². The maximum atomic E-state index is 13.1. The number of aryl methyl sites for hydroxylation is 1. The summed E-state index contributed by atoms with van der Waals surface area (Å²) in [5, 5.41) is 10.8. The van der Waals surface area contributed by atoms with Crippen LogP contribution >= 0.6 is 11.6 Å². The number of imidazole rings is 1. The third kappa shape index (κ3) is 3.92. The van der Waals surface area contributed by atoms with Crippen LogP contribution in [0.2, 0.25) is 5.02 Å². The fourth-order valence-corrected chi connectivity index (χ4v) is 3.38. The molecule has 30 heavy (non-hydrogen) atoms. The zero-order valence-corrected chi connectivity index (χ0v) is 17.2. The summed E-state index contributed by atoms with van der Waals surface area (Å²) in [5.41, 5.74) is 2.66. The van der Waals surface area contributed by atoms with Crippen molar-refractivity contribution in [3.63, 3.8) is 0 Å². The maximum Gasteiger partial charge on any atom is 0.270 e. The Balaban J connectivity index is 1.64. The number of aromatic nitrogens is 4. The molecule has 2 aromatic carbocycles. The van der Waals surface area contributed by atoms with Crippen LogP contribution in [-0.2, 0) is 7.05 Å². The number of halogens is 1. The number of rotatable bonds is 6. The van der Waals surface area contributed by atoms with E-state index in [9.17, 15) is 4.79 Å².